The van der Waals surface area contributed by atoms with Gasteiger partial charge in [0, 0.05) is 13.0 Å². The molecule has 0 radical (unpaired) electrons. The Labute approximate surface area is 219 Å². The Morgan fingerprint density at radius 1 is 1.11 bits per heavy atom. The largest absolute Gasteiger partial charge is 0.460 e. The molecule has 2 aromatic rings. The molecule has 1 aliphatic carbocycles. The predicted molar refractivity (Wildman–Crippen MR) is 142 cm³/mol. The van der Waals surface area contributed by atoms with E-state index in [1.54, 1.807) is 18.3 Å². The zero-order chi connectivity index (χ0) is 25.7. The van der Waals surface area contributed by atoms with Gasteiger partial charge in [-0.05, 0) is 80.8 Å². The van der Waals surface area contributed by atoms with Crippen LogP contribution in [-0.2, 0) is 32.8 Å². The number of pyridine rings is 1. The number of piperidine rings is 3. The third kappa shape index (κ3) is 6.04. The summed E-state index contributed by atoms with van der Waals surface area (Å²) in [6, 6.07) is 11.9. The molecule has 3 saturated heterocycles. The zero-order valence-electron chi connectivity index (χ0n) is 21.7. The van der Waals surface area contributed by atoms with Crippen molar-refractivity contribution in [3.05, 3.63) is 59.4 Å². The van der Waals surface area contributed by atoms with Crippen LogP contribution in [0.5, 0.6) is 0 Å². The summed E-state index contributed by atoms with van der Waals surface area (Å²) in [4.78, 5) is 32.7. The van der Waals surface area contributed by atoms with Gasteiger partial charge in [-0.2, -0.15) is 0 Å². The average Bonchev–Trinajstić information content (AvgIpc) is 2.94. The molecular weight excluding hydrogens is 466 g/mol. The number of hydrogen-bond acceptors (Lipinski definition) is 6. The number of amides is 1. The minimum absolute atomic E-state index is 0.0247. The Bertz CT molecular complexity index is 1070. The molecule has 2 bridgehead atoms. The smallest absolute Gasteiger partial charge is 0.316 e. The van der Waals surface area contributed by atoms with E-state index in [-0.39, 0.29) is 24.6 Å². The SMILES string of the molecule is O=C(CCCc1cccc(C2(C(=O)OC3CN4CCC3CC4)CCCCC2)c1)Nc1ccc(CO)nc1. The number of aromatic nitrogens is 1. The first-order chi connectivity index (χ1) is 18.1. The standard InChI is InChI=1S/C30H39N3O4/c34-21-26-11-10-25(19-31-26)32-28(35)9-5-7-22-6-4-8-24(18-22)30(14-2-1-3-15-30)29(36)37-27-20-33-16-12-23(27)13-17-33/h4,6,8,10-11,18-19,23,27,34H,1-3,5,7,9,12-17,20-21H2,(H,32,35). The van der Waals surface area contributed by atoms with Crippen molar-refractivity contribution in [3.8, 4) is 0 Å². The van der Waals surface area contributed by atoms with E-state index in [0.717, 1.165) is 75.7 Å². The number of ether oxygens (including phenoxy) is 1. The maximum absolute atomic E-state index is 13.8. The van der Waals surface area contributed by atoms with Crippen molar-refractivity contribution in [2.24, 2.45) is 5.92 Å². The number of aryl methyl sites for hydroxylation is 1. The van der Waals surface area contributed by atoms with Gasteiger partial charge in [-0.15, -0.1) is 0 Å². The lowest BCUT2D eigenvalue weighted by Gasteiger charge is -2.45. The monoisotopic (exact) mass is 505 g/mol. The van der Waals surface area contributed by atoms with E-state index in [1.807, 2.05) is 0 Å². The molecule has 7 nitrogen and oxygen atoms in total. The Morgan fingerprint density at radius 2 is 1.92 bits per heavy atom. The van der Waals surface area contributed by atoms with Crippen LogP contribution in [0.1, 0.15) is 74.6 Å². The molecule has 1 saturated carbocycles. The van der Waals surface area contributed by atoms with E-state index >= 15 is 0 Å². The van der Waals surface area contributed by atoms with Gasteiger partial charge in [0.15, 0.2) is 0 Å². The van der Waals surface area contributed by atoms with Crippen LogP contribution in [0.3, 0.4) is 0 Å². The maximum Gasteiger partial charge on any atom is 0.316 e. The second kappa shape index (κ2) is 11.7. The van der Waals surface area contributed by atoms with Crippen LogP contribution < -0.4 is 5.32 Å². The molecule has 0 spiro atoms. The summed E-state index contributed by atoms with van der Waals surface area (Å²) in [5.41, 5.74) is 2.88. The molecule has 1 aromatic heterocycles. The summed E-state index contributed by atoms with van der Waals surface area (Å²) in [5, 5.41) is 12.0. The van der Waals surface area contributed by atoms with Gasteiger partial charge in [0.05, 0.1) is 29.6 Å². The molecule has 1 aromatic carbocycles. The molecule has 7 heteroatoms. The Morgan fingerprint density at radius 3 is 2.59 bits per heavy atom. The summed E-state index contributed by atoms with van der Waals surface area (Å²) in [7, 11) is 0. The van der Waals surface area contributed by atoms with Crippen LogP contribution in [0.4, 0.5) is 5.69 Å². The molecule has 1 unspecified atom stereocenters. The third-order valence-electron chi connectivity index (χ3n) is 8.57. The van der Waals surface area contributed by atoms with Gasteiger partial charge in [-0.1, -0.05) is 43.5 Å². The van der Waals surface area contributed by atoms with Crippen molar-refractivity contribution in [1.82, 2.24) is 9.88 Å². The number of hydrogen-bond donors (Lipinski definition) is 2. The number of nitrogens with zero attached hydrogens (tertiary/aromatic N) is 2. The topological polar surface area (TPSA) is 91.8 Å². The van der Waals surface area contributed by atoms with Crippen LogP contribution in [0, 0.1) is 5.92 Å². The van der Waals surface area contributed by atoms with E-state index in [4.69, 9.17) is 9.84 Å². The van der Waals surface area contributed by atoms with E-state index in [1.165, 1.54) is 6.42 Å². The van der Waals surface area contributed by atoms with E-state index < -0.39 is 5.41 Å². The number of benzene rings is 1. The minimum atomic E-state index is -0.550. The highest BCUT2D eigenvalue weighted by atomic mass is 16.5. The lowest BCUT2D eigenvalue weighted by atomic mass is 9.69. The van der Waals surface area contributed by atoms with Crippen molar-refractivity contribution in [2.75, 3.05) is 25.0 Å². The number of aliphatic hydroxyl groups is 1. The fourth-order valence-corrected chi connectivity index (χ4v) is 6.35. The molecule has 1 amide bonds. The van der Waals surface area contributed by atoms with Crippen LogP contribution in [-0.4, -0.2) is 52.6 Å². The number of aliphatic hydroxyl groups excluding tert-OH is 1. The van der Waals surface area contributed by atoms with Crippen LogP contribution in [0.25, 0.3) is 0 Å². The van der Waals surface area contributed by atoms with E-state index in [0.29, 0.717) is 30.1 Å². The van der Waals surface area contributed by atoms with E-state index in [9.17, 15) is 9.59 Å². The molecule has 1 atom stereocenters. The summed E-state index contributed by atoms with van der Waals surface area (Å²) < 4.78 is 6.29. The van der Waals surface area contributed by atoms with Gasteiger partial charge in [-0.3, -0.25) is 19.5 Å². The van der Waals surface area contributed by atoms with Crippen molar-refractivity contribution >= 4 is 17.6 Å². The van der Waals surface area contributed by atoms with Gasteiger partial charge >= 0.3 is 5.97 Å². The fraction of sp³-hybridized carbons (Fsp3) is 0.567. The number of esters is 1. The van der Waals surface area contributed by atoms with Gasteiger partial charge < -0.3 is 15.2 Å². The number of nitrogens with one attached hydrogen (secondary N) is 1. The van der Waals surface area contributed by atoms with Crippen molar-refractivity contribution in [2.45, 2.75) is 82.3 Å². The molecule has 6 rings (SSSR count). The van der Waals surface area contributed by atoms with Gasteiger partial charge in [0.1, 0.15) is 6.10 Å². The van der Waals surface area contributed by atoms with Crippen molar-refractivity contribution < 1.29 is 19.4 Å². The molecule has 4 heterocycles. The summed E-state index contributed by atoms with van der Waals surface area (Å²) in [6.45, 7) is 3.04. The first kappa shape index (κ1) is 25.9. The number of carbonyl (C=O) groups is 2. The Hall–Kier alpha value is -2.77. The highest BCUT2D eigenvalue weighted by molar-refractivity contribution is 5.90. The highest BCUT2D eigenvalue weighted by Crippen LogP contribution is 2.42. The molecule has 37 heavy (non-hydrogen) atoms. The van der Waals surface area contributed by atoms with E-state index in [2.05, 4.69) is 39.5 Å². The second-order valence-electron chi connectivity index (χ2n) is 11.0. The summed E-state index contributed by atoms with van der Waals surface area (Å²) >= 11 is 0. The number of carbonyl (C=O) groups excluding carboxylic acids is 2. The lowest BCUT2D eigenvalue weighted by molar-refractivity contribution is -0.167. The number of fused-ring (bicyclic) bond motifs is 3. The Kier molecular flexibility index (Phi) is 8.20. The van der Waals surface area contributed by atoms with Crippen molar-refractivity contribution in [1.29, 1.82) is 0 Å². The molecule has 198 valence electrons. The van der Waals surface area contributed by atoms with Gasteiger partial charge in [0.2, 0.25) is 5.91 Å². The number of anilines is 1. The normalized spacial score (nSPS) is 24.4. The van der Waals surface area contributed by atoms with Crippen molar-refractivity contribution in [3.63, 3.8) is 0 Å². The highest BCUT2D eigenvalue weighted by Gasteiger charge is 2.45. The van der Waals surface area contributed by atoms with Gasteiger partial charge in [0.25, 0.3) is 0 Å². The quantitative estimate of drug-likeness (QED) is 0.492. The van der Waals surface area contributed by atoms with Crippen LogP contribution >= 0.6 is 0 Å². The van der Waals surface area contributed by atoms with Crippen LogP contribution in [0.2, 0.25) is 0 Å². The third-order valence-corrected chi connectivity index (χ3v) is 8.57. The first-order valence-corrected chi connectivity index (χ1v) is 13.9. The molecule has 3 aliphatic heterocycles. The average molecular weight is 506 g/mol. The molecule has 4 aliphatic rings. The molecular formula is C30H39N3O4. The maximum atomic E-state index is 13.8. The fourth-order valence-electron chi connectivity index (χ4n) is 6.35. The lowest BCUT2D eigenvalue weighted by Crippen LogP contribution is -2.53. The minimum Gasteiger partial charge on any atom is -0.460 e. The van der Waals surface area contributed by atoms with Crippen LogP contribution in [0.15, 0.2) is 42.6 Å². The second-order valence-corrected chi connectivity index (χ2v) is 11.0. The zero-order valence-corrected chi connectivity index (χ0v) is 21.7. The predicted octanol–water partition coefficient (Wildman–Crippen LogP) is 4.37. The molecule has 2 N–H and O–H groups in total. The summed E-state index contributed by atoms with van der Waals surface area (Å²) in [5.74, 6) is 0.429. The molecule has 4 fully saturated rings. The first-order valence-electron chi connectivity index (χ1n) is 13.9. The van der Waals surface area contributed by atoms with Gasteiger partial charge in [-0.25, -0.2) is 0 Å². The number of rotatable bonds is 9. The summed E-state index contributed by atoms with van der Waals surface area (Å²) in [6.07, 6.45) is 10.7. The Balaban J connectivity index is 1.21.